The summed E-state index contributed by atoms with van der Waals surface area (Å²) in [5.41, 5.74) is 4.58. The zero-order chi connectivity index (χ0) is 19.5. The average Bonchev–Trinajstić information content (AvgIpc) is 3.16. The molecule has 0 N–H and O–H groups in total. The number of benzene rings is 3. The van der Waals surface area contributed by atoms with Crippen LogP contribution in [0.4, 0.5) is 5.69 Å². The van der Waals surface area contributed by atoms with Crippen molar-refractivity contribution in [3.05, 3.63) is 100 Å². The quantitative estimate of drug-likeness (QED) is 0.458. The van der Waals surface area contributed by atoms with E-state index in [1.807, 2.05) is 24.3 Å². The fourth-order valence-electron chi connectivity index (χ4n) is 3.26. The zero-order valence-electron chi connectivity index (χ0n) is 15.1. The lowest BCUT2D eigenvalue weighted by molar-refractivity contribution is 0.0475. The first-order valence-corrected chi connectivity index (χ1v) is 9.35. The number of fused-ring (bicyclic) bond motifs is 1. The van der Waals surface area contributed by atoms with Crippen molar-refractivity contribution in [1.29, 1.82) is 0 Å². The second kappa shape index (κ2) is 7.87. The summed E-state index contributed by atoms with van der Waals surface area (Å²) in [6.45, 7) is 1.41. The van der Waals surface area contributed by atoms with Crippen LogP contribution in [0.15, 0.2) is 72.8 Å². The van der Waals surface area contributed by atoms with Crippen LogP contribution in [0.5, 0.6) is 0 Å². The van der Waals surface area contributed by atoms with E-state index in [2.05, 4.69) is 17.0 Å². The largest absolute Gasteiger partial charge is 0.454 e. The molecule has 140 valence electrons. The Morgan fingerprint density at radius 3 is 2.00 bits per heavy atom. The number of Topliss-reactive ketones (excluding diaryl/α,β-unsaturated/α-hetero) is 1. The Bertz CT molecular complexity index is 988. The summed E-state index contributed by atoms with van der Waals surface area (Å²) in [5.74, 6) is -0.782. The molecule has 0 radical (unpaired) electrons. The van der Waals surface area contributed by atoms with Gasteiger partial charge in [-0.25, -0.2) is 4.79 Å². The Labute approximate surface area is 168 Å². The van der Waals surface area contributed by atoms with E-state index >= 15 is 0 Å². The van der Waals surface area contributed by atoms with E-state index in [-0.39, 0.29) is 12.4 Å². The van der Waals surface area contributed by atoms with Gasteiger partial charge in [0.15, 0.2) is 12.4 Å². The maximum Gasteiger partial charge on any atom is 0.338 e. The molecule has 0 amide bonds. The predicted molar refractivity (Wildman–Crippen MR) is 109 cm³/mol. The number of halogens is 1. The van der Waals surface area contributed by atoms with Crippen molar-refractivity contribution in [1.82, 2.24) is 0 Å². The molecule has 0 fully saturated rings. The van der Waals surface area contributed by atoms with Gasteiger partial charge in [-0.3, -0.25) is 4.79 Å². The molecule has 0 atom stereocenters. The van der Waals surface area contributed by atoms with Gasteiger partial charge in [0.2, 0.25) is 0 Å². The highest BCUT2D eigenvalue weighted by Crippen LogP contribution is 2.28. The van der Waals surface area contributed by atoms with Gasteiger partial charge in [-0.05, 0) is 59.7 Å². The summed E-state index contributed by atoms with van der Waals surface area (Å²) in [6.07, 6.45) is 0. The fourth-order valence-corrected chi connectivity index (χ4v) is 3.38. The molecule has 3 aromatic carbocycles. The summed E-state index contributed by atoms with van der Waals surface area (Å²) in [4.78, 5) is 26.6. The molecule has 0 bridgehead atoms. The highest BCUT2D eigenvalue weighted by molar-refractivity contribution is 6.30. The number of esters is 1. The normalized spacial score (nSPS) is 12.5. The maximum absolute atomic E-state index is 12.2. The van der Waals surface area contributed by atoms with Crippen LogP contribution < -0.4 is 4.90 Å². The molecule has 0 saturated carbocycles. The maximum atomic E-state index is 12.2. The van der Waals surface area contributed by atoms with Crippen LogP contribution in [-0.4, -0.2) is 18.4 Å². The van der Waals surface area contributed by atoms with Gasteiger partial charge in [-0.15, -0.1) is 0 Å². The van der Waals surface area contributed by atoms with Crippen LogP contribution in [0.1, 0.15) is 31.8 Å². The summed E-state index contributed by atoms with van der Waals surface area (Å²) in [7, 11) is 0. The second-order valence-corrected chi connectivity index (χ2v) is 7.11. The molecule has 0 spiro atoms. The van der Waals surface area contributed by atoms with Crippen LogP contribution in [0.2, 0.25) is 5.02 Å². The first kappa shape index (κ1) is 18.3. The van der Waals surface area contributed by atoms with Crippen LogP contribution >= 0.6 is 11.6 Å². The van der Waals surface area contributed by atoms with Gasteiger partial charge in [0.05, 0.1) is 5.56 Å². The first-order valence-electron chi connectivity index (χ1n) is 8.98. The van der Waals surface area contributed by atoms with Crippen molar-refractivity contribution in [3.8, 4) is 0 Å². The third kappa shape index (κ3) is 3.92. The van der Waals surface area contributed by atoms with Crippen molar-refractivity contribution in [3.63, 3.8) is 0 Å². The molecule has 4 rings (SSSR count). The first-order chi connectivity index (χ1) is 13.6. The van der Waals surface area contributed by atoms with Crippen molar-refractivity contribution < 1.29 is 14.3 Å². The van der Waals surface area contributed by atoms with Gasteiger partial charge in [-0.1, -0.05) is 35.9 Å². The zero-order valence-corrected chi connectivity index (χ0v) is 15.9. The summed E-state index contributed by atoms with van der Waals surface area (Å²) < 4.78 is 5.16. The Morgan fingerprint density at radius 2 is 1.39 bits per heavy atom. The lowest BCUT2D eigenvalue weighted by Gasteiger charge is -2.17. The van der Waals surface area contributed by atoms with Crippen molar-refractivity contribution >= 4 is 29.0 Å². The number of ketones is 1. The number of anilines is 1. The third-order valence-electron chi connectivity index (χ3n) is 4.81. The molecule has 1 heterocycles. The van der Waals surface area contributed by atoms with E-state index in [0.717, 1.165) is 18.8 Å². The molecule has 1 aliphatic heterocycles. The summed E-state index contributed by atoms with van der Waals surface area (Å²) in [5, 5.41) is 0.551. The highest BCUT2D eigenvalue weighted by Gasteiger charge is 2.19. The lowest BCUT2D eigenvalue weighted by atomic mass is 10.1. The van der Waals surface area contributed by atoms with Gasteiger partial charge in [-0.2, -0.15) is 0 Å². The number of rotatable bonds is 5. The number of carbonyl (C=O) groups excluding carboxylic acids is 2. The minimum absolute atomic E-state index is 0.267. The van der Waals surface area contributed by atoms with Gasteiger partial charge in [0.25, 0.3) is 0 Å². The second-order valence-electron chi connectivity index (χ2n) is 6.68. The highest BCUT2D eigenvalue weighted by atomic mass is 35.5. The smallest absolute Gasteiger partial charge is 0.338 e. The SMILES string of the molecule is O=C(COC(=O)c1ccc(N2Cc3ccccc3C2)cc1)c1ccc(Cl)cc1. The minimum Gasteiger partial charge on any atom is -0.454 e. The standard InChI is InChI=1S/C23H18ClNO3/c24-20-9-5-16(6-10-20)22(26)15-28-23(27)17-7-11-21(12-8-17)25-13-18-3-1-2-4-19(18)14-25/h1-12H,13-15H2. The number of hydrogen-bond acceptors (Lipinski definition) is 4. The summed E-state index contributed by atoms with van der Waals surface area (Å²) >= 11 is 5.81. The lowest BCUT2D eigenvalue weighted by Crippen LogP contribution is -2.16. The molecule has 28 heavy (non-hydrogen) atoms. The number of ether oxygens (including phenoxy) is 1. The molecule has 0 unspecified atom stereocenters. The molecule has 0 aromatic heterocycles. The van der Waals surface area contributed by atoms with Crippen LogP contribution in [0, 0.1) is 0 Å². The third-order valence-corrected chi connectivity index (χ3v) is 5.06. The number of carbonyl (C=O) groups is 2. The van der Waals surface area contributed by atoms with Crippen LogP contribution in [0.3, 0.4) is 0 Å². The molecule has 0 aliphatic carbocycles. The van der Waals surface area contributed by atoms with E-state index in [1.54, 1.807) is 36.4 Å². The Kier molecular flexibility index (Phi) is 5.13. The molecule has 0 saturated heterocycles. The molecule has 3 aromatic rings. The topological polar surface area (TPSA) is 46.6 Å². The average molecular weight is 392 g/mol. The molecule has 5 heteroatoms. The monoisotopic (exact) mass is 391 g/mol. The predicted octanol–water partition coefficient (Wildman–Crippen LogP) is 4.90. The Hall–Kier alpha value is -3.11. The molecular weight excluding hydrogens is 374 g/mol. The van der Waals surface area contributed by atoms with Gasteiger partial charge in [0, 0.05) is 29.4 Å². The van der Waals surface area contributed by atoms with E-state index in [9.17, 15) is 9.59 Å². The number of hydrogen-bond donors (Lipinski definition) is 0. The van der Waals surface area contributed by atoms with Crippen LogP contribution in [0.25, 0.3) is 0 Å². The van der Waals surface area contributed by atoms with E-state index in [0.29, 0.717) is 16.1 Å². The van der Waals surface area contributed by atoms with Crippen LogP contribution in [-0.2, 0) is 17.8 Å². The Balaban J connectivity index is 1.35. The van der Waals surface area contributed by atoms with Gasteiger partial charge in [0.1, 0.15) is 0 Å². The molecular formula is C23H18ClNO3. The van der Waals surface area contributed by atoms with E-state index in [1.165, 1.54) is 11.1 Å². The fraction of sp³-hybridized carbons (Fsp3) is 0.130. The van der Waals surface area contributed by atoms with Gasteiger partial charge < -0.3 is 9.64 Å². The minimum atomic E-state index is -0.515. The van der Waals surface area contributed by atoms with Crippen molar-refractivity contribution in [2.24, 2.45) is 0 Å². The van der Waals surface area contributed by atoms with Crippen molar-refractivity contribution in [2.45, 2.75) is 13.1 Å². The summed E-state index contributed by atoms with van der Waals surface area (Å²) in [6, 6.07) is 22.1. The van der Waals surface area contributed by atoms with E-state index < -0.39 is 5.97 Å². The van der Waals surface area contributed by atoms with Crippen molar-refractivity contribution in [2.75, 3.05) is 11.5 Å². The van der Waals surface area contributed by atoms with Gasteiger partial charge >= 0.3 is 5.97 Å². The molecule has 4 nitrogen and oxygen atoms in total. The molecule has 1 aliphatic rings. The number of nitrogens with zero attached hydrogens (tertiary/aromatic N) is 1. The van der Waals surface area contributed by atoms with E-state index in [4.69, 9.17) is 16.3 Å². The Morgan fingerprint density at radius 1 is 0.821 bits per heavy atom.